The molecule has 11 rings (SSSR count). The zero-order chi connectivity index (χ0) is 47.3. The summed E-state index contributed by atoms with van der Waals surface area (Å²) in [7, 11) is 0. The highest BCUT2D eigenvalue weighted by Gasteiger charge is 2.26. The summed E-state index contributed by atoms with van der Waals surface area (Å²) < 4.78 is 54.5. The molecule has 4 aromatic carbocycles. The van der Waals surface area contributed by atoms with E-state index in [0.717, 1.165) is 27.9 Å². The predicted molar refractivity (Wildman–Crippen MR) is 245 cm³/mol. The van der Waals surface area contributed by atoms with Crippen molar-refractivity contribution < 1.29 is 57.3 Å². The Balaban J connectivity index is 0.000000162. The average molecular weight is 942 g/mol. The van der Waals surface area contributed by atoms with Crippen LogP contribution in [0.15, 0.2) is 107 Å². The van der Waals surface area contributed by atoms with Gasteiger partial charge in [-0.1, -0.05) is 24.3 Å². The molecule has 5 aliphatic heterocycles. The Morgan fingerprint density at radius 1 is 0.594 bits per heavy atom. The molecule has 2 unspecified atom stereocenters. The molecule has 356 valence electrons. The number of carbonyl (C=O) groups excluding carboxylic acids is 1. The number of fused-ring (bicyclic) bond motifs is 8. The fraction of sp³-hybridized carbons (Fsp3) is 0.320. The number of carbonyl (C=O) groups is 2. The van der Waals surface area contributed by atoms with Crippen molar-refractivity contribution in [3.05, 3.63) is 129 Å². The van der Waals surface area contributed by atoms with Gasteiger partial charge in [-0.25, -0.2) is 14.4 Å². The number of carboxylic acid groups (broad SMARTS) is 1. The minimum absolute atomic E-state index is 0.0197. The molecule has 1 fully saturated rings. The number of aliphatic carboxylic acids is 1. The Hall–Kier alpha value is -8.06. The fourth-order valence-electron chi connectivity index (χ4n) is 8.53. The molecule has 0 bridgehead atoms. The van der Waals surface area contributed by atoms with Crippen molar-refractivity contribution in [3.63, 3.8) is 0 Å². The van der Waals surface area contributed by atoms with Gasteiger partial charge in [-0.2, -0.15) is 9.97 Å². The third kappa shape index (κ3) is 10.3. The zero-order valence-electron chi connectivity index (χ0n) is 37.3. The van der Waals surface area contributed by atoms with Crippen molar-refractivity contribution in [1.29, 1.82) is 0 Å². The quantitative estimate of drug-likeness (QED) is 0.183. The monoisotopic (exact) mass is 941 g/mol. The maximum absolute atomic E-state index is 12.7. The predicted octanol–water partition coefficient (Wildman–Crippen LogP) is 4.07. The summed E-state index contributed by atoms with van der Waals surface area (Å²) in [5, 5.41) is 8.80. The van der Waals surface area contributed by atoms with Crippen LogP contribution in [-0.2, 0) is 40.3 Å². The summed E-state index contributed by atoms with van der Waals surface area (Å²) in [5.41, 5.74) is 4.44. The van der Waals surface area contributed by atoms with Crippen LogP contribution in [0.5, 0.6) is 46.3 Å². The van der Waals surface area contributed by atoms with Gasteiger partial charge in [0.15, 0.2) is 48.4 Å². The van der Waals surface area contributed by atoms with Crippen LogP contribution in [0.2, 0.25) is 0 Å². The van der Waals surface area contributed by atoms with E-state index in [1.54, 1.807) is 38.3 Å². The minimum atomic E-state index is -1.04. The molecule has 0 radical (unpaired) electrons. The topological polar surface area (TPSA) is 210 Å². The second-order valence-corrected chi connectivity index (χ2v) is 16.5. The fourth-order valence-corrected chi connectivity index (χ4v) is 8.53. The van der Waals surface area contributed by atoms with Crippen molar-refractivity contribution in [1.82, 2.24) is 24.0 Å². The lowest BCUT2D eigenvalue weighted by atomic mass is 9.97. The largest absolute Gasteiger partial charge is 0.486 e. The van der Waals surface area contributed by atoms with Crippen molar-refractivity contribution in [2.75, 3.05) is 65.9 Å². The van der Waals surface area contributed by atoms with Crippen LogP contribution in [0, 0.1) is 0 Å². The zero-order valence-corrected chi connectivity index (χ0v) is 37.3. The number of nitrogens with zero attached hydrogens (tertiary/aromatic N) is 5. The number of hydrogen-bond donors (Lipinski definition) is 1. The Morgan fingerprint density at radius 2 is 1.07 bits per heavy atom. The van der Waals surface area contributed by atoms with Crippen molar-refractivity contribution in [2.45, 2.75) is 38.1 Å². The standard InChI is InChI=1S/C27H27N3O7.C23H20N2O7/c31-26(29-9-11-33-12-10-29)17-34-19-5-6-21-18(13-19)7-8-30-22(21)14-25(28-27(30)32)36-16-20-15-35-23-3-1-2-4-24(23)37-20;26-22(27)13-29-15-5-6-17-14(9-15)7-8-25-18(17)10-21(24-23(25)28)31-12-16-11-30-19-3-1-2-4-20(19)32-16/h1-6,13-14,20H,7-12,15-17H2;1-6,9-10,16H,7-8,11-13H2,(H,26,27). The number of benzene rings is 4. The number of morpholine rings is 1. The van der Waals surface area contributed by atoms with E-state index in [0.29, 0.717) is 106 Å². The number of aromatic nitrogens is 4. The highest BCUT2D eigenvalue weighted by atomic mass is 16.6. The van der Waals surface area contributed by atoms with Gasteiger partial charge < -0.3 is 52.6 Å². The van der Waals surface area contributed by atoms with Gasteiger partial charge in [-0.3, -0.25) is 13.9 Å². The highest BCUT2D eigenvalue weighted by molar-refractivity contribution is 5.78. The summed E-state index contributed by atoms with van der Waals surface area (Å²) in [4.78, 5) is 58.4. The molecule has 5 aliphatic rings. The van der Waals surface area contributed by atoms with Gasteiger partial charge in [-0.15, -0.1) is 0 Å². The summed E-state index contributed by atoms with van der Waals surface area (Å²) in [6, 6.07) is 29.4. The number of carboxylic acids is 1. The van der Waals surface area contributed by atoms with Crippen LogP contribution in [0.25, 0.3) is 22.5 Å². The van der Waals surface area contributed by atoms with E-state index in [4.69, 9.17) is 47.7 Å². The molecule has 19 heteroatoms. The van der Waals surface area contributed by atoms with Crippen LogP contribution in [-0.4, -0.2) is 119 Å². The van der Waals surface area contributed by atoms with E-state index in [9.17, 15) is 19.2 Å². The lowest BCUT2D eigenvalue weighted by Gasteiger charge is -2.27. The van der Waals surface area contributed by atoms with E-state index < -0.39 is 12.6 Å². The van der Waals surface area contributed by atoms with E-state index >= 15 is 0 Å². The molecule has 0 saturated carbocycles. The Labute approximate surface area is 394 Å². The molecule has 0 aliphatic carbocycles. The van der Waals surface area contributed by atoms with E-state index in [1.165, 1.54) is 0 Å². The molecule has 19 nitrogen and oxygen atoms in total. The van der Waals surface area contributed by atoms with E-state index in [2.05, 4.69) is 9.97 Å². The van der Waals surface area contributed by atoms with Crippen LogP contribution in [0.3, 0.4) is 0 Å². The van der Waals surface area contributed by atoms with Gasteiger partial charge in [0, 0.05) is 49.4 Å². The number of amides is 1. The Morgan fingerprint density at radius 3 is 1.57 bits per heavy atom. The first kappa shape index (κ1) is 44.8. The smallest absolute Gasteiger partial charge is 0.351 e. The highest BCUT2D eigenvalue weighted by Crippen LogP contribution is 2.36. The molecular formula is C50H47N5O14. The third-order valence-electron chi connectivity index (χ3n) is 11.9. The summed E-state index contributed by atoms with van der Waals surface area (Å²) in [6.07, 6.45) is 0.626. The maximum atomic E-state index is 12.7. The maximum Gasteiger partial charge on any atom is 0.351 e. The average Bonchev–Trinajstić information content (AvgIpc) is 3.38. The van der Waals surface area contributed by atoms with Crippen LogP contribution in [0.4, 0.5) is 0 Å². The van der Waals surface area contributed by atoms with Gasteiger partial charge in [0.25, 0.3) is 5.91 Å². The Kier molecular flexibility index (Phi) is 13.0. The van der Waals surface area contributed by atoms with Crippen molar-refractivity contribution >= 4 is 11.9 Å². The molecule has 1 saturated heterocycles. The summed E-state index contributed by atoms with van der Waals surface area (Å²) >= 11 is 0. The number of hydrogen-bond acceptors (Lipinski definition) is 15. The molecule has 2 aromatic heterocycles. The first-order chi connectivity index (χ1) is 33.7. The molecule has 1 N–H and O–H groups in total. The summed E-state index contributed by atoms with van der Waals surface area (Å²) in [5.74, 6) is 3.17. The molecule has 7 heterocycles. The molecule has 2 atom stereocenters. The summed E-state index contributed by atoms with van der Waals surface area (Å²) in [6.45, 7) is 3.88. The van der Waals surface area contributed by atoms with Gasteiger partial charge in [0.1, 0.15) is 37.9 Å². The van der Waals surface area contributed by atoms with Crippen LogP contribution in [0.1, 0.15) is 11.1 Å². The number of rotatable bonds is 12. The number of aryl methyl sites for hydroxylation is 2. The van der Waals surface area contributed by atoms with Gasteiger partial charge in [-0.05, 0) is 84.6 Å². The number of para-hydroxylation sites is 4. The molecule has 6 aromatic rings. The lowest BCUT2D eigenvalue weighted by molar-refractivity contribution is -0.139. The molecule has 1 amide bonds. The van der Waals surface area contributed by atoms with E-state index in [-0.39, 0.29) is 61.1 Å². The Bertz CT molecular complexity index is 3000. The van der Waals surface area contributed by atoms with Crippen molar-refractivity contribution in [2.24, 2.45) is 0 Å². The van der Waals surface area contributed by atoms with Gasteiger partial charge in [0.2, 0.25) is 11.8 Å². The third-order valence-corrected chi connectivity index (χ3v) is 11.9. The van der Waals surface area contributed by atoms with Crippen LogP contribution < -0.4 is 49.3 Å². The van der Waals surface area contributed by atoms with E-state index in [1.807, 2.05) is 72.8 Å². The SMILES string of the molecule is O=C(COc1ccc2c(c1)CCn1c-2cc(OCC2COc3ccccc3O2)nc1=O)N1CCOCC1.O=C(O)COc1ccc2c(c1)CCn1c-2cc(OCC2COc3ccccc3O2)nc1=O. The van der Waals surface area contributed by atoms with Gasteiger partial charge >= 0.3 is 17.3 Å². The van der Waals surface area contributed by atoms with Gasteiger partial charge in [0.05, 0.1) is 24.6 Å². The minimum Gasteiger partial charge on any atom is -0.486 e. The van der Waals surface area contributed by atoms with Crippen molar-refractivity contribution in [3.8, 4) is 68.8 Å². The van der Waals surface area contributed by atoms with Crippen LogP contribution >= 0.6 is 0 Å². The molecule has 69 heavy (non-hydrogen) atoms. The normalized spacial score (nSPS) is 17.0. The number of ether oxygens (including phenoxy) is 9. The molecular weight excluding hydrogens is 895 g/mol. The first-order valence-electron chi connectivity index (χ1n) is 22.6. The first-order valence-corrected chi connectivity index (χ1v) is 22.6. The molecule has 0 spiro atoms. The second-order valence-electron chi connectivity index (χ2n) is 16.5. The second kappa shape index (κ2) is 20.0. The lowest BCUT2D eigenvalue weighted by Crippen LogP contribution is -2.42.